The van der Waals surface area contributed by atoms with Crippen LogP contribution in [0.25, 0.3) is 0 Å². The van der Waals surface area contributed by atoms with Gasteiger partial charge in [-0.05, 0) is 42.7 Å². The lowest BCUT2D eigenvalue weighted by Gasteiger charge is -2.11. The number of hydrogen-bond acceptors (Lipinski definition) is 4. The molecule has 0 saturated heterocycles. The van der Waals surface area contributed by atoms with Crippen LogP contribution in [0.4, 0.5) is 17.2 Å². The van der Waals surface area contributed by atoms with Crippen LogP contribution in [0, 0.1) is 13.8 Å². The van der Waals surface area contributed by atoms with Crippen LogP contribution in [0.2, 0.25) is 0 Å². The highest BCUT2D eigenvalue weighted by molar-refractivity contribution is 5.92. The molecule has 0 unspecified atom stereocenters. The standard InChI is InChI=1S/C20H20N4O/c1-14-7-6-8-15(2)18(14)12-20(25)23-17-11-19(24-21-13-17)22-16-9-4-3-5-10-16/h3-11,13H,12H2,1-2H3,(H2,22,23,24,25). The molecule has 5 nitrogen and oxygen atoms in total. The third-order valence-electron chi connectivity index (χ3n) is 3.97. The largest absolute Gasteiger partial charge is 0.339 e. The van der Waals surface area contributed by atoms with E-state index in [0.717, 1.165) is 22.4 Å². The lowest BCUT2D eigenvalue weighted by atomic mass is 10.00. The zero-order valence-electron chi connectivity index (χ0n) is 14.3. The molecule has 126 valence electrons. The van der Waals surface area contributed by atoms with Gasteiger partial charge in [0, 0.05) is 11.8 Å². The number of aryl methyl sites for hydroxylation is 2. The highest BCUT2D eigenvalue weighted by Crippen LogP contribution is 2.18. The number of aromatic nitrogens is 2. The number of para-hydroxylation sites is 1. The number of amides is 1. The van der Waals surface area contributed by atoms with Crippen molar-refractivity contribution >= 4 is 23.1 Å². The van der Waals surface area contributed by atoms with Crippen molar-refractivity contribution in [1.29, 1.82) is 0 Å². The molecular formula is C20H20N4O. The number of benzene rings is 2. The van der Waals surface area contributed by atoms with E-state index in [1.54, 1.807) is 12.3 Å². The van der Waals surface area contributed by atoms with Crippen LogP contribution < -0.4 is 10.6 Å². The Morgan fingerprint density at radius 1 is 0.960 bits per heavy atom. The van der Waals surface area contributed by atoms with E-state index in [1.165, 1.54) is 0 Å². The summed E-state index contributed by atoms with van der Waals surface area (Å²) in [5.41, 5.74) is 4.83. The molecule has 0 radical (unpaired) electrons. The molecule has 0 fully saturated rings. The maximum absolute atomic E-state index is 12.4. The molecule has 1 aromatic heterocycles. The van der Waals surface area contributed by atoms with Crippen molar-refractivity contribution in [1.82, 2.24) is 10.2 Å². The Bertz CT molecular complexity index is 858. The average molecular weight is 332 g/mol. The molecule has 3 rings (SSSR count). The Labute approximate surface area is 147 Å². The van der Waals surface area contributed by atoms with E-state index in [0.29, 0.717) is 17.9 Å². The summed E-state index contributed by atoms with van der Waals surface area (Å²) in [5, 5.41) is 14.0. The van der Waals surface area contributed by atoms with Crippen molar-refractivity contribution in [3.05, 3.63) is 77.5 Å². The summed E-state index contributed by atoms with van der Waals surface area (Å²) < 4.78 is 0. The maximum Gasteiger partial charge on any atom is 0.228 e. The quantitative estimate of drug-likeness (QED) is 0.740. The van der Waals surface area contributed by atoms with Gasteiger partial charge in [-0.25, -0.2) is 0 Å². The van der Waals surface area contributed by atoms with Crippen molar-refractivity contribution in [3.63, 3.8) is 0 Å². The topological polar surface area (TPSA) is 66.9 Å². The van der Waals surface area contributed by atoms with Gasteiger partial charge in [-0.2, -0.15) is 5.10 Å². The molecule has 0 aliphatic heterocycles. The average Bonchev–Trinajstić information content (AvgIpc) is 2.59. The highest BCUT2D eigenvalue weighted by atomic mass is 16.1. The normalized spacial score (nSPS) is 10.3. The Balaban J connectivity index is 1.68. The first-order valence-corrected chi connectivity index (χ1v) is 8.11. The fourth-order valence-electron chi connectivity index (χ4n) is 2.66. The van der Waals surface area contributed by atoms with Crippen molar-refractivity contribution in [2.45, 2.75) is 20.3 Å². The first-order valence-electron chi connectivity index (χ1n) is 8.11. The Hall–Kier alpha value is -3.21. The summed E-state index contributed by atoms with van der Waals surface area (Å²) in [4.78, 5) is 12.4. The SMILES string of the molecule is Cc1cccc(C)c1CC(=O)Nc1cnnc(Nc2ccccc2)c1. The molecule has 1 heterocycles. The van der Waals surface area contributed by atoms with Crippen molar-refractivity contribution < 1.29 is 4.79 Å². The second-order valence-electron chi connectivity index (χ2n) is 5.92. The number of carbonyl (C=O) groups excluding carboxylic acids is 1. The van der Waals surface area contributed by atoms with Gasteiger partial charge >= 0.3 is 0 Å². The molecule has 0 aliphatic rings. The molecule has 5 heteroatoms. The van der Waals surface area contributed by atoms with Gasteiger partial charge < -0.3 is 10.6 Å². The van der Waals surface area contributed by atoms with Gasteiger partial charge in [0.15, 0.2) is 5.82 Å². The summed E-state index contributed by atoms with van der Waals surface area (Å²) in [6.07, 6.45) is 1.88. The summed E-state index contributed by atoms with van der Waals surface area (Å²) in [7, 11) is 0. The Morgan fingerprint density at radius 3 is 2.40 bits per heavy atom. The first kappa shape index (κ1) is 16.6. The molecule has 0 saturated carbocycles. The predicted molar refractivity (Wildman–Crippen MR) is 100 cm³/mol. The van der Waals surface area contributed by atoms with Crippen LogP contribution >= 0.6 is 0 Å². The second kappa shape index (κ2) is 7.57. The molecule has 3 aromatic rings. The molecule has 2 aromatic carbocycles. The monoisotopic (exact) mass is 332 g/mol. The summed E-state index contributed by atoms with van der Waals surface area (Å²) >= 11 is 0. The summed E-state index contributed by atoms with van der Waals surface area (Å²) in [5.74, 6) is 0.507. The van der Waals surface area contributed by atoms with Gasteiger partial charge in [-0.3, -0.25) is 4.79 Å². The smallest absolute Gasteiger partial charge is 0.228 e. The zero-order valence-corrected chi connectivity index (χ0v) is 14.3. The molecule has 0 atom stereocenters. The van der Waals surface area contributed by atoms with Gasteiger partial charge in [0.2, 0.25) is 5.91 Å². The molecule has 0 aliphatic carbocycles. The number of carbonyl (C=O) groups is 1. The van der Waals surface area contributed by atoms with Crippen LogP contribution in [-0.2, 0) is 11.2 Å². The van der Waals surface area contributed by atoms with Crippen LogP contribution in [0.5, 0.6) is 0 Å². The number of rotatable bonds is 5. The van der Waals surface area contributed by atoms with E-state index in [4.69, 9.17) is 0 Å². The van der Waals surface area contributed by atoms with E-state index in [9.17, 15) is 4.79 Å². The van der Waals surface area contributed by atoms with Crippen molar-refractivity contribution in [3.8, 4) is 0 Å². The molecule has 1 amide bonds. The van der Waals surface area contributed by atoms with Gasteiger partial charge in [-0.15, -0.1) is 5.10 Å². The minimum Gasteiger partial charge on any atom is -0.339 e. The predicted octanol–water partition coefficient (Wildman–Crippen LogP) is 4.02. The van der Waals surface area contributed by atoms with E-state index in [2.05, 4.69) is 20.8 Å². The lowest BCUT2D eigenvalue weighted by Crippen LogP contribution is -2.16. The Kier molecular flexibility index (Phi) is 5.04. The highest BCUT2D eigenvalue weighted by Gasteiger charge is 2.09. The molecule has 25 heavy (non-hydrogen) atoms. The third kappa shape index (κ3) is 4.41. The number of hydrogen-bond donors (Lipinski definition) is 2. The zero-order chi connectivity index (χ0) is 17.6. The van der Waals surface area contributed by atoms with Gasteiger partial charge in [0.25, 0.3) is 0 Å². The van der Waals surface area contributed by atoms with Crippen LogP contribution in [-0.4, -0.2) is 16.1 Å². The number of anilines is 3. The lowest BCUT2D eigenvalue weighted by molar-refractivity contribution is -0.115. The molecule has 0 bridgehead atoms. The van der Waals surface area contributed by atoms with Crippen LogP contribution in [0.1, 0.15) is 16.7 Å². The first-order chi connectivity index (χ1) is 12.1. The van der Waals surface area contributed by atoms with Crippen molar-refractivity contribution in [2.24, 2.45) is 0 Å². The number of nitrogens with one attached hydrogen (secondary N) is 2. The number of nitrogens with zero attached hydrogens (tertiary/aromatic N) is 2. The molecular weight excluding hydrogens is 312 g/mol. The maximum atomic E-state index is 12.4. The van der Waals surface area contributed by atoms with Crippen LogP contribution in [0.3, 0.4) is 0 Å². The van der Waals surface area contributed by atoms with Gasteiger partial charge in [-0.1, -0.05) is 36.4 Å². The summed E-state index contributed by atoms with van der Waals surface area (Å²) in [6.45, 7) is 4.04. The van der Waals surface area contributed by atoms with Gasteiger partial charge in [0.1, 0.15) is 0 Å². The third-order valence-corrected chi connectivity index (χ3v) is 3.97. The molecule has 2 N–H and O–H groups in total. The molecule has 0 spiro atoms. The van der Waals surface area contributed by atoms with Crippen LogP contribution in [0.15, 0.2) is 60.8 Å². The van der Waals surface area contributed by atoms with Crippen molar-refractivity contribution in [2.75, 3.05) is 10.6 Å². The van der Waals surface area contributed by atoms with E-state index in [-0.39, 0.29) is 5.91 Å². The minimum atomic E-state index is -0.0731. The fraction of sp³-hybridized carbons (Fsp3) is 0.150. The minimum absolute atomic E-state index is 0.0731. The van der Waals surface area contributed by atoms with E-state index < -0.39 is 0 Å². The summed E-state index contributed by atoms with van der Waals surface area (Å²) in [6, 6.07) is 17.5. The van der Waals surface area contributed by atoms with E-state index >= 15 is 0 Å². The fourth-order valence-corrected chi connectivity index (χ4v) is 2.66. The Morgan fingerprint density at radius 2 is 1.68 bits per heavy atom. The second-order valence-corrected chi connectivity index (χ2v) is 5.92. The van der Waals surface area contributed by atoms with Gasteiger partial charge in [0.05, 0.1) is 18.3 Å². The van der Waals surface area contributed by atoms with E-state index in [1.807, 2.05) is 62.4 Å².